The molecular weight excluding hydrogens is 547 g/mol. The van der Waals surface area contributed by atoms with Gasteiger partial charge < -0.3 is 9.64 Å². The van der Waals surface area contributed by atoms with E-state index in [0.29, 0.717) is 27.9 Å². The van der Waals surface area contributed by atoms with Gasteiger partial charge in [-0.3, -0.25) is 10.1 Å². The average molecular weight is 576 g/mol. The number of H-pyrrole nitrogens is 1. The van der Waals surface area contributed by atoms with E-state index in [-0.39, 0.29) is 11.5 Å². The van der Waals surface area contributed by atoms with Crippen LogP contribution in [0.5, 0.6) is 5.75 Å². The maximum Gasteiger partial charge on any atom is 0.210 e. The van der Waals surface area contributed by atoms with Crippen LogP contribution in [0.4, 0.5) is 5.82 Å². The lowest BCUT2D eigenvalue weighted by Gasteiger charge is -2.49. The average Bonchev–Trinajstić information content (AvgIpc) is 3.25. The lowest BCUT2D eigenvalue weighted by atomic mass is 9.82. The zero-order chi connectivity index (χ0) is 27.2. The van der Waals surface area contributed by atoms with E-state index in [1.165, 1.54) is 10.6 Å². The number of hydrogen-bond donors (Lipinski definition) is 1. The topological polar surface area (TPSA) is 104 Å². The van der Waals surface area contributed by atoms with Gasteiger partial charge in [0.2, 0.25) is 10.0 Å². The van der Waals surface area contributed by atoms with Crippen molar-refractivity contribution in [3.8, 4) is 17.0 Å². The first-order valence-electron chi connectivity index (χ1n) is 12.0. The number of nitrogens with zero attached hydrogens (tertiary/aromatic N) is 5. The Morgan fingerprint density at radius 3 is 2.50 bits per heavy atom. The number of anilines is 1. The van der Waals surface area contributed by atoms with Crippen LogP contribution in [0.3, 0.4) is 0 Å². The van der Waals surface area contributed by atoms with Gasteiger partial charge in [-0.25, -0.2) is 17.7 Å². The summed E-state index contributed by atoms with van der Waals surface area (Å²) in [7, 11) is -1.59. The molecule has 12 heteroatoms. The highest BCUT2D eigenvalue weighted by Crippen LogP contribution is 2.37. The van der Waals surface area contributed by atoms with Gasteiger partial charge in [0.15, 0.2) is 0 Å². The van der Waals surface area contributed by atoms with Crippen molar-refractivity contribution < 1.29 is 13.2 Å². The van der Waals surface area contributed by atoms with E-state index in [0.717, 1.165) is 41.1 Å². The van der Waals surface area contributed by atoms with E-state index < -0.39 is 10.0 Å². The molecule has 38 heavy (non-hydrogen) atoms. The molecule has 5 rings (SSSR count). The molecule has 4 heterocycles. The molecule has 0 radical (unpaired) electrons. The van der Waals surface area contributed by atoms with E-state index in [4.69, 9.17) is 27.9 Å². The number of halogens is 2. The van der Waals surface area contributed by atoms with Crippen LogP contribution in [0.15, 0.2) is 48.9 Å². The number of nitrogens with one attached hydrogen (secondary N) is 1. The predicted molar refractivity (Wildman–Crippen MR) is 150 cm³/mol. The Hall–Kier alpha value is -2.92. The van der Waals surface area contributed by atoms with Crippen molar-refractivity contribution in [2.75, 3.05) is 37.8 Å². The Labute approximate surface area is 231 Å². The molecule has 0 amide bonds. The molecule has 9 nitrogen and oxygen atoms in total. The van der Waals surface area contributed by atoms with Crippen LogP contribution in [-0.4, -0.2) is 65.8 Å². The molecule has 0 bridgehead atoms. The number of aromatic amines is 1. The molecule has 3 aromatic heterocycles. The van der Waals surface area contributed by atoms with Gasteiger partial charge in [0.25, 0.3) is 0 Å². The summed E-state index contributed by atoms with van der Waals surface area (Å²) < 4.78 is 31.1. The van der Waals surface area contributed by atoms with Crippen molar-refractivity contribution in [1.29, 1.82) is 0 Å². The fourth-order valence-electron chi connectivity index (χ4n) is 4.86. The molecule has 200 valence electrons. The van der Waals surface area contributed by atoms with Crippen molar-refractivity contribution in [3.63, 3.8) is 0 Å². The lowest BCUT2D eigenvalue weighted by molar-refractivity contribution is 0.198. The van der Waals surface area contributed by atoms with Gasteiger partial charge in [-0.1, -0.05) is 30.1 Å². The summed E-state index contributed by atoms with van der Waals surface area (Å²) in [6.45, 7) is 5.91. The zero-order valence-corrected chi connectivity index (χ0v) is 23.8. The SMILES string of the molecule is C[C@@H](Oc1ccc2[nH]nc(-c3ccc(N4CC(C)(CN(C)S(C)(=O)=O)C4)nc3)c2c1)c1c(Cl)cncc1Cl. The molecule has 1 atom stereocenters. The van der Waals surface area contributed by atoms with Crippen LogP contribution in [0, 0.1) is 5.41 Å². The number of fused-ring (bicyclic) bond motifs is 1. The first-order chi connectivity index (χ1) is 17.9. The predicted octanol–water partition coefficient (Wildman–Crippen LogP) is 5.18. The van der Waals surface area contributed by atoms with Gasteiger partial charge in [-0.15, -0.1) is 0 Å². The summed E-state index contributed by atoms with van der Waals surface area (Å²) >= 11 is 12.6. The van der Waals surface area contributed by atoms with E-state index in [2.05, 4.69) is 32.0 Å². The third-order valence-electron chi connectivity index (χ3n) is 6.81. The van der Waals surface area contributed by atoms with Crippen LogP contribution < -0.4 is 9.64 Å². The third-order valence-corrected chi connectivity index (χ3v) is 8.67. The summed E-state index contributed by atoms with van der Waals surface area (Å²) in [4.78, 5) is 10.8. The second-order valence-electron chi connectivity index (χ2n) is 10.1. The number of benzene rings is 1. The van der Waals surface area contributed by atoms with Gasteiger partial charge in [0.1, 0.15) is 23.4 Å². The summed E-state index contributed by atoms with van der Waals surface area (Å²) in [6, 6.07) is 9.67. The fourth-order valence-corrected chi connectivity index (χ4v) is 6.08. The van der Waals surface area contributed by atoms with Crippen LogP contribution in [0.1, 0.15) is 25.5 Å². The van der Waals surface area contributed by atoms with Crippen molar-refractivity contribution in [2.24, 2.45) is 5.41 Å². The van der Waals surface area contributed by atoms with Gasteiger partial charge in [0.05, 0.1) is 21.8 Å². The minimum absolute atomic E-state index is 0.116. The molecule has 0 aliphatic carbocycles. The molecular formula is C26H28Cl2N6O3S. The van der Waals surface area contributed by atoms with Crippen molar-refractivity contribution in [2.45, 2.75) is 20.0 Å². The summed E-state index contributed by atoms with van der Waals surface area (Å²) in [5, 5.41) is 9.38. The van der Waals surface area contributed by atoms with Crippen molar-refractivity contribution >= 4 is 49.9 Å². The van der Waals surface area contributed by atoms with Crippen molar-refractivity contribution in [1.82, 2.24) is 24.5 Å². The highest BCUT2D eigenvalue weighted by atomic mass is 35.5. The van der Waals surface area contributed by atoms with Crippen LogP contribution in [-0.2, 0) is 10.0 Å². The van der Waals surface area contributed by atoms with Crippen LogP contribution in [0.2, 0.25) is 10.0 Å². The first kappa shape index (κ1) is 26.7. The smallest absolute Gasteiger partial charge is 0.210 e. The molecule has 0 spiro atoms. The first-order valence-corrected chi connectivity index (χ1v) is 14.6. The van der Waals surface area contributed by atoms with E-state index in [1.54, 1.807) is 25.6 Å². The van der Waals surface area contributed by atoms with E-state index >= 15 is 0 Å². The Bertz CT molecular complexity index is 1570. The summed E-state index contributed by atoms with van der Waals surface area (Å²) in [6.07, 6.45) is 5.74. The van der Waals surface area contributed by atoms with E-state index in [1.807, 2.05) is 37.3 Å². The van der Waals surface area contributed by atoms with Crippen LogP contribution >= 0.6 is 23.2 Å². The molecule has 1 aliphatic rings. The molecule has 1 saturated heterocycles. The fraction of sp³-hybridized carbons (Fsp3) is 0.346. The number of rotatable bonds is 8. The highest BCUT2D eigenvalue weighted by molar-refractivity contribution is 7.88. The summed E-state index contributed by atoms with van der Waals surface area (Å²) in [5.41, 5.74) is 3.07. The highest BCUT2D eigenvalue weighted by Gasteiger charge is 2.41. The normalized spacial score (nSPS) is 16.0. The largest absolute Gasteiger partial charge is 0.486 e. The number of ether oxygens (including phenoxy) is 1. The summed E-state index contributed by atoms with van der Waals surface area (Å²) in [5.74, 6) is 1.50. The monoisotopic (exact) mass is 574 g/mol. The lowest BCUT2D eigenvalue weighted by Crippen LogP contribution is -2.59. The van der Waals surface area contributed by atoms with Gasteiger partial charge in [0, 0.05) is 67.2 Å². The number of aromatic nitrogens is 4. The van der Waals surface area contributed by atoms with Gasteiger partial charge in [-0.2, -0.15) is 5.10 Å². The Morgan fingerprint density at radius 1 is 1.16 bits per heavy atom. The molecule has 1 aromatic carbocycles. The standard InChI is InChI=1S/C26H28Cl2N6O3S/c1-16(24-20(27)11-29-12-21(24)28)37-18-6-7-22-19(9-18)25(32-31-22)17-5-8-23(30-10-17)34-14-26(2,15-34)13-33(3)38(4,35)36/h5-12,16H,13-15H2,1-4H3,(H,31,32)/t16-/m1/s1. The number of pyridine rings is 2. The number of sulfonamides is 1. The molecule has 0 saturated carbocycles. The minimum Gasteiger partial charge on any atom is -0.486 e. The molecule has 4 aromatic rings. The van der Waals surface area contributed by atoms with E-state index in [9.17, 15) is 8.42 Å². The second-order valence-corrected chi connectivity index (χ2v) is 13.1. The van der Waals surface area contributed by atoms with Gasteiger partial charge in [-0.05, 0) is 37.3 Å². The minimum atomic E-state index is -3.21. The van der Waals surface area contributed by atoms with Crippen LogP contribution in [0.25, 0.3) is 22.2 Å². The third kappa shape index (κ3) is 5.31. The molecule has 1 aliphatic heterocycles. The van der Waals surface area contributed by atoms with Crippen molar-refractivity contribution in [3.05, 3.63) is 64.5 Å². The number of hydrogen-bond acceptors (Lipinski definition) is 7. The maximum atomic E-state index is 11.8. The Kier molecular flexibility index (Phi) is 7.02. The maximum absolute atomic E-state index is 11.8. The Morgan fingerprint density at radius 2 is 1.87 bits per heavy atom. The zero-order valence-electron chi connectivity index (χ0n) is 21.4. The molecule has 1 N–H and O–H groups in total. The van der Waals surface area contributed by atoms with Gasteiger partial charge >= 0.3 is 0 Å². The quantitative estimate of drug-likeness (QED) is 0.309. The Balaban J connectivity index is 1.31. The molecule has 0 unspecified atom stereocenters. The molecule has 1 fully saturated rings. The second kappa shape index (κ2) is 10.00.